The first-order valence-electron chi connectivity index (χ1n) is 8.18. The van der Waals surface area contributed by atoms with E-state index in [4.69, 9.17) is 0 Å². The lowest BCUT2D eigenvalue weighted by atomic mass is 10.1. The van der Waals surface area contributed by atoms with Crippen LogP contribution in [-0.2, 0) is 6.18 Å². The number of carbonyl (C=O) groups is 2. The number of para-hydroxylation sites is 1. The Morgan fingerprint density at radius 1 is 1.04 bits per heavy atom. The smallest absolute Gasteiger partial charge is 0.352 e. The van der Waals surface area contributed by atoms with E-state index in [1.54, 1.807) is 31.2 Å². The molecule has 0 aliphatic heterocycles. The molecule has 1 aromatic heterocycles. The van der Waals surface area contributed by atoms with Gasteiger partial charge in [-0.3, -0.25) is 9.59 Å². The highest BCUT2D eigenvalue weighted by molar-refractivity contribution is 6.09. The van der Waals surface area contributed by atoms with Gasteiger partial charge in [-0.05, 0) is 37.3 Å². The fourth-order valence-corrected chi connectivity index (χ4v) is 2.66. The van der Waals surface area contributed by atoms with Crippen molar-refractivity contribution in [3.63, 3.8) is 0 Å². The summed E-state index contributed by atoms with van der Waals surface area (Å²) < 4.78 is 38.5. The van der Waals surface area contributed by atoms with E-state index in [0.29, 0.717) is 23.2 Å². The van der Waals surface area contributed by atoms with Crippen molar-refractivity contribution in [3.05, 3.63) is 65.4 Å². The molecule has 1 heterocycles. The van der Waals surface area contributed by atoms with Gasteiger partial charge in [-0.25, -0.2) is 0 Å². The summed E-state index contributed by atoms with van der Waals surface area (Å²) in [6.45, 7) is 2.21. The molecule has 2 aromatic carbocycles. The topological polar surface area (TPSA) is 74.0 Å². The molecule has 3 rings (SSSR count). The van der Waals surface area contributed by atoms with Crippen molar-refractivity contribution >= 4 is 28.4 Å². The number of rotatable bonds is 4. The number of amides is 2. The maximum atomic E-state index is 12.8. The van der Waals surface area contributed by atoms with Gasteiger partial charge in [0.2, 0.25) is 0 Å². The number of nitrogens with one attached hydrogen (secondary N) is 3. The molecular formula is C19H16F3N3O2. The molecule has 3 aromatic rings. The number of hydrogen-bond donors (Lipinski definition) is 3. The second-order valence-electron chi connectivity index (χ2n) is 5.84. The molecule has 2 amide bonds. The van der Waals surface area contributed by atoms with E-state index in [9.17, 15) is 22.8 Å². The normalized spacial score (nSPS) is 11.4. The van der Waals surface area contributed by atoms with E-state index >= 15 is 0 Å². The van der Waals surface area contributed by atoms with Crippen LogP contribution in [-0.4, -0.2) is 23.3 Å². The van der Waals surface area contributed by atoms with Crippen LogP contribution in [0.15, 0.2) is 48.5 Å². The Labute approximate surface area is 152 Å². The summed E-state index contributed by atoms with van der Waals surface area (Å²) in [5.41, 5.74) is 0.0960. The fraction of sp³-hybridized carbons (Fsp3) is 0.158. The Morgan fingerprint density at radius 3 is 2.48 bits per heavy atom. The van der Waals surface area contributed by atoms with Crippen molar-refractivity contribution in [1.82, 2.24) is 10.3 Å². The molecular weight excluding hydrogens is 359 g/mol. The van der Waals surface area contributed by atoms with Gasteiger partial charge in [0.05, 0.1) is 16.8 Å². The first kappa shape index (κ1) is 18.5. The number of carbonyl (C=O) groups excluding carboxylic acids is 2. The van der Waals surface area contributed by atoms with Crippen LogP contribution in [0.4, 0.5) is 18.9 Å². The molecule has 0 aliphatic rings. The molecule has 5 nitrogen and oxygen atoms in total. The average Bonchev–Trinajstić information content (AvgIpc) is 3.05. The summed E-state index contributed by atoms with van der Waals surface area (Å²) in [4.78, 5) is 27.3. The summed E-state index contributed by atoms with van der Waals surface area (Å²) in [5.74, 6) is -0.892. The molecule has 140 valence electrons. The number of anilines is 1. The van der Waals surface area contributed by atoms with Crippen LogP contribution in [0, 0.1) is 0 Å². The zero-order chi connectivity index (χ0) is 19.6. The minimum Gasteiger partial charge on any atom is -0.352 e. The van der Waals surface area contributed by atoms with E-state index in [1.807, 2.05) is 0 Å². The summed E-state index contributed by atoms with van der Waals surface area (Å²) in [5, 5.41) is 5.75. The lowest BCUT2D eigenvalue weighted by Crippen LogP contribution is -2.24. The average molecular weight is 375 g/mol. The van der Waals surface area contributed by atoms with Crippen molar-refractivity contribution in [1.29, 1.82) is 0 Å². The van der Waals surface area contributed by atoms with Crippen molar-refractivity contribution < 1.29 is 22.8 Å². The third-order valence-corrected chi connectivity index (χ3v) is 3.95. The molecule has 0 saturated carbocycles. The lowest BCUT2D eigenvalue weighted by molar-refractivity contribution is -0.137. The van der Waals surface area contributed by atoms with Crippen LogP contribution in [0.3, 0.4) is 0 Å². The van der Waals surface area contributed by atoms with Crippen molar-refractivity contribution in [2.45, 2.75) is 13.1 Å². The minimum atomic E-state index is -4.46. The molecule has 0 radical (unpaired) electrons. The number of aromatic nitrogens is 1. The van der Waals surface area contributed by atoms with Gasteiger partial charge < -0.3 is 15.6 Å². The second kappa shape index (κ2) is 7.14. The van der Waals surface area contributed by atoms with Gasteiger partial charge >= 0.3 is 6.18 Å². The zero-order valence-electron chi connectivity index (χ0n) is 14.3. The highest BCUT2D eigenvalue weighted by Crippen LogP contribution is 2.31. The van der Waals surface area contributed by atoms with E-state index < -0.39 is 17.6 Å². The van der Waals surface area contributed by atoms with Crippen molar-refractivity contribution in [2.75, 3.05) is 11.9 Å². The van der Waals surface area contributed by atoms with E-state index in [2.05, 4.69) is 15.6 Å². The predicted octanol–water partition coefficient (Wildman–Crippen LogP) is 4.19. The van der Waals surface area contributed by atoms with Gasteiger partial charge in [0.15, 0.2) is 0 Å². The molecule has 0 bridgehead atoms. The molecule has 0 aliphatic carbocycles. The van der Waals surface area contributed by atoms with Crippen LogP contribution in [0.25, 0.3) is 10.9 Å². The summed E-state index contributed by atoms with van der Waals surface area (Å²) in [6, 6.07) is 11.2. The Kier molecular flexibility index (Phi) is 4.89. The number of H-pyrrole nitrogens is 1. The molecule has 8 heteroatoms. The van der Waals surface area contributed by atoms with Crippen LogP contribution < -0.4 is 10.6 Å². The van der Waals surface area contributed by atoms with E-state index in [-0.39, 0.29) is 17.1 Å². The zero-order valence-corrected chi connectivity index (χ0v) is 14.3. The van der Waals surface area contributed by atoms with E-state index in [1.165, 1.54) is 12.1 Å². The quantitative estimate of drug-likeness (QED) is 0.640. The van der Waals surface area contributed by atoms with E-state index in [0.717, 1.165) is 12.1 Å². The van der Waals surface area contributed by atoms with Crippen LogP contribution in [0.5, 0.6) is 0 Å². The first-order valence-corrected chi connectivity index (χ1v) is 8.18. The summed E-state index contributed by atoms with van der Waals surface area (Å²) in [6.07, 6.45) is -4.46. The van der Waals surface area contributed by atoms with Gasteiger partial charge in [0, 0.05) is 17.4 Å². The largest absolute Gasteiger partial charge is 0.416 e. The van der Waals surface area contributed by atoms with Gasteiger partial charge in [0.1, 0.15) is 5.69 Å². The molecule has 0 unspecified atom stereocenters. The van der Waals surface area contributed by atoms with Crippen LogP contribution in [0.1, 0.15) is 33.3 Å². The first-order chi connectivity index (χ1) is 12.8. The van der Waals surface area contributed by atoms with Crippen LogP contribution >= 0.6 is 0 Å². The number of halogens is 3. The maximum absolute atomic E-state index is 12.8. The second-order valence-corrected chi connectivity index (χ2v) is 5.84. The van der Waals surface area contributed by atoms with Crippen LogP contribution in [0.2, 0.25) is 0 Å². The molecule has 27 heavy (non-hydrogen) atoms. The highest BCUT2D eigenvalue weighted by atomic mass is 19.4. The minimum absolute atomic E-state index is 0.0926. The Morgan fingerprint density at radius 2 is 1.78 bits per heavy atom. The number of fused-ring (bicyclic) bond motifs is 1. The third kappa shape index (κ3) is 3.94. The molecule has 0 atom stereocenters. The SMILES string of the molecule is CCNC(=O)c1ccccc1NC(=O)c1cc2ccc(C(F)(F)F)cc2[nH]1. The predicted molar refractivity (Wildman–Crippen MR) is 95.7 cm³/mol. The number of benzene rings is 2. The van der Waals surface area contributed by atoms with Gasteiger partial charge in [-0.2, -0.15) is 13.2 Å². The lowest BCUT2D eigenvalue weighted by Gasteiger charge is -2.10. The maximum Gasteiger partial charge on any atom is 0.416 e. The molecule has 0 spiro atoms. The summed E-state index contributed by atoms with van der Waals surface area (Å²) >= 11 is 0. The number of hydrogen-bond acceptors (Lipinski definition) is 2. The van der Waals surface area contributed by atoms with Gasteiger partial charge in [-0.1, -0.05) is 18.2 Å². The van der Waals surface area contributed by atoms with Crippen molar-refractivity contribution in [2.24, 2.45) is 0 Å². The van der Waals surface area contributed by atoms with Crippen molar-refractivity contribution in [3.8, 4) is 0 Å². The Bertz CT molecular complexity index is 1010. The molecule has 3 N–H and O–H groups in total. The fourth-order valence-electron chi connectivity index (χ4n) is 2.66. The third-order valence-electron chi connectivity index (χ3n) is 3.95. The standard InChI is InChI=1S/C19H16F3N3O2/c1-2-23-17(26)13-5-3-4-6-14(13)25-18(27)16-9-11-7-8-12(19(20,21)22)10-15(11)24-16/h3-10,24H,2H2,1H3,(H,23,26)(H,25,27). The number of aromatic amines is 1. The Hall–Kier alpha value is -3.29. The van der Waals surface area contributed by atoms with Gasteiger partial charge in [0.25, 0.3) is 11.8 Å². The monoisotopic (exact) mass is 375 g/mol. The highest BCUT2D eigenvalue weighted by Gasteiger charge is 2.30. The molecule has 0 fully saturated rings. The number of alkyl halides is 3. The summed E-state index contributed by atoms with van der Waals surface area (Å²) in [7, 11) is 0. The Balaban J connectivity index is 1.88. The molecule has 0 saturated heterocycles. The van der Waals surface area contributed by atoms with Gasteiger partial charge in [-0.15, -0.1) is 0 Å².